The third-order valence-corrected chi connectivity index (χ3v) is 3.14. The zero-order valence-electron chi connectivity index (χ0n) is 8.68. The summed E-state index contributed by atoms with van der Waals surface area (Å²) in [6, 6.07) is -0.479. The predicted molar refractivity (Wildman–Crippen MR) is 58.7 cm³/mol. The Bertz CT molecular complexity index is 254. The maximum Gasteiger partial charge on any atom is 0.310 e. The van der Waals surface area contributed by atoms with E-state index in [-0.39, 0.29) is 5.91 Å². The number of thioether (sulfide) groups is 1. The van der Waals surface area contributed by atoms with E-state index in [4.69, 9.17) is 10.8 Å². The Balaban J connectivity index is 2.28. The van der Waals surface area contributed by atoms with Gasteiger partial charge in [0, 0.05) is 13.1 Å². The third-order valence-electron chi connectivity index (χ3n) is 2.49. The van der Waals surface area contributed by atoms with Gasteiger partial charge in [-0.05, 0) is 18.4 Å². The van der Waals surface area contributed by atoms with Crippen molar-refractivity contribution >= 4 is 23.6 Å². The molecule has 0 aliphatic carbocycles. The Kier molecular flexibility index (Phi) is 4.41. The van der Waals surface area contributed by atoms with Gasteiger partial charge in [-0.3, -0.25) is 9.59 Å². The number of likely N-dealkylation sites (tertiary alicyclic amines) is 1. The molecule has 6 heteroatoms. The lowest BCUT2D eigenvalue weighted by Crippen LogP contribution is -2.57. The molecule has 0 aromatic heterocycles. The first-order chi connectivity index (χ1) is 7.06. The average molecular weight is 232 g/mol. The van der Waals surface area contributed by atoms with Gasteiger partial charge in [-0.2, -0.15) is 11.8 Å². The van der Waals surface area contributed by atoms with E-state index in [1.807, 2.05) is 6.26 Å². The second-order valence-corrected chi connectivity index (χ2v) is 4.65. The summed E-state index contributed by atoms with van der Waals surface area (Å²) in [6.45, 7) is 0.613. The van der Waals surface area contributed by atoms with Gasteiger partial charge in [-0.1, -0.05) is 0 Å². The Morgan fingerprint density at radius 1 is 1.60 bits per heavy atom. The minimum atomic E-state index is -0.836. The molecule has 0 radical (unpaired) electrons. The van der Waals surface area contributed by atoms with Gasteiger partial charge in [0.25, 0.3) is 0 Å². The first-order valence-corrected chi connectivity index (χ1v) is 6.21. The molecule has 0 aromatic rings. The second-order valence-electron chi connectivity index (χ2n) is 3.67. The van der Waals surface area contributed by atoms with E-state index in [2.05, 4.69) is 0 Å². The summed E-state index contributed by atoms with van der Waals surface area (Å²) in [7, 11) is 0. The van der Waals surface area contributed by atoms with Crippen LogP contribution in [0.15, 0.2) is 0 Å². The van der Waals surface area contributed by atoms with E-state index in [9.17, 15) is 9.59 Å². The van der Waals surface area contributed by atoms with Crippen LogP contribution in [0.1, 0.15) is 6.42 Å². The number of amides is 1. The molecule has 0 spiro atoms. The number of carboxylic acids is 1. The van der Waals surface area contributed by atoms with Gasteiger partial charge in [-0.15, -0.1) is 0 Å². The van der Waals surface area contributed by atoms with Gasteiger partial charge in [0.05, 0.1) is 12.0 Å². The van der Waals surface area contributed by atoms with Crippen LogP contribution >= 0.6 is 11.8 Å². The highest BCUT2D eigenvalue weighted by Crippen LogP contribution is 2.17. The molecule has 0 saturated carbocycles. The van der Waals surface area contributed by atoms with Crippen molar-refractivity contribution in [1.29, 1.82) is 0 Å². The van der Waals surface area contributed by atoms with E-state index >= 15 is 0 Å². The smallest absolute Gasteiger partial charge is 0.310 e. The number of aliphatic carboxylic acids is 1. The Morgan fingerprint density at radius 3 is 2.67 bits per heavy atom. The molecular formula is C9H16N2O3S. The fraction of sp³-hybridized carbons (Fsp3) is 0.778. The highest BCUT2D eigenvalue weighted by atomic mass is 32.2. The largest absolute Gasteiger partial charge is 0.481 e. The first kappa shape index (κ1) is 12.3. The van der Waals surface area contributed by atoms with Crippen molar-refractivity contribution in [3.05, 3.63) is 0 Å². The summed E-state index contributed by atoms with van der Waals surface area (Å²) in [5.74, 6) is -0.511. The third kappa shape index (κ3) is 3.10. The lowest BCUT2D eigenvalue weighted by molar-refractivity contribution is -0.153. The van der Waals surface area contributed by atoms with Crippen LogP contribution in [0.25, 0.3) is 0 Å². The highest BCUT2D eigenvalue weighted by molar-refractivity contribution is 7.98. The number of carboxylic acid groups (broad SMARTS) is 1. The van der Waals surface area contributed by atoms with Crippen molar-refractivity contribution in [2.75, 3.05) is 25.1 Å². The Labute approximate surface area is 93.0 Å². The fourth-order valence-corrected chi connectivity index (χ4v) is 1.91. The molecule has 0 aromatic carbocycles. The van der Waals surface area contributed by atoms with Crippen molar-refractivity contribution in [3.63, 3.8) is 0 Å². The van der Waals surface area contributed by atoms with Crippen molar-refractivity contribution in [3.8, 4) is 0 Å². The van der Waals surface area contributed by atoms with E-state index in [0.717, 1.165) is 5.75 Å². The number of rotatable bonds is 5. The molecule has 3 N–H and O–H groups in total. The molecule has 15 heavy (non-hydrogen) atoms. The summed E-state index contributed by atoms with van der Waals surface area (Å²) in [6.07, 6.45) is 2.61. The molecule has 1 atom stereocenters. The van der Waals surface area contributed by atoms with E-state index in [0.29, 0.717) is 19.5 Å². The molecule has 0 bridgehead atoms. The normalized spacial score (nSPS) is 18.4. The minimum Gasteiger partial charge on any atom is -0.481 e. The number of nitrogens with zero attached hydrogens (tertiary/aromatic N) is 1. The SMILES string of the molecule is CSCC[C@H](N)C(=O)N1CC(C(=O)O)C1. The highest BCUT2D eigenvalue weighted by Gasteiger charge is 2.37. The number of hydrogen-bond donors (Lipinski definition) is 2. The van der Waals surface area contributed by atoms with Gasteiger partial charge in [0.1, 0.15) is 0 Å². The van der Waals surface area contributed by atoms with Crippen LogP contribution in [0, 0.1) is 5.92 Å². The summed E-state index contributed by atoms with van der Waals surface area (Å²) in [5, 5.41) is 8.64. The number of nitrogens with two attached hydrogens (primary N) is 1. The van der Waals surface area contributed by atoms with E-state index < -0.39 is 17.9 Å². The van der Waals surface area contributed by atoms with Crippen LogP contribution in [-0.4, -0.2) is 53.0 Å². The van der Waals surface area contributed by atoms with Crippen LogP contribution in [0.4, 0.5) is 0 Å². The van der Waals surface area contributed by atoms with Crippen molar-refractivity contribution in [1.82, 2.24) is 4.90 Å². The van der Waals surface area contributed by atoms with Gasteiger partial charge in [0.15, 0.2) is 0 Å². The predicted octanol–water partition coefficient (Wildman–Crippen LogP) is -0.390. The lowest BCUT2D eigenvalue weighted by Gasteiger charge is -2.38. The summed E-state index contributed by atoms with van der Waals surface area (Å²) in [5.41, 5.74) is 5.68. The molecule has 5 nitrogen and oxygen atoms in total. The Morgan fingerprint density at radius 2 is 2.20 bits per heavy atom. The topological polar surface area (TPSA) is 83.6 Å². The van der Waals surface area contributed by atoms with Crippen molar-refractivity contribution in [2.45, 2.75) is 12.5 Å². The van der Waals surface area contributed by atoms with Crippen molar-refractivity contribution < 1.29 is 14.7 Å². The molecule has 86 valence electrons. The molecule has 0 unspecified atom stereocenters. The molecule has 1 rings (SSSR count). The standard InChI is InChI=1S/C9H16N2O3S/c1-15-3-2-7(10)8(12)11-4-6(5-11)9(13)14/h6-7H,2-5,10H2,1H3,(H,13,14)/t7-/m0/s1. The van der Waals surface area contributed by atoms with Gasteiger partial charge in [-0.25, -0.2) is 0 Å². The fourth-order valence-electron chi connectivity index (χ4n) is 1.42. The van der Waals surface area contributed by atoms with Gasteiger partial charge < -0.3 is 15.7 Å². The van der Waals surface area contributed by atoms with E-state index in [1.165, 1.54) is 4.90 Å². The zero-order chi connectivity index (χ0) is 11.4. The van der Waals surface area contributed by atoms with Crippen LogP contribution < -0.4 is 5.73 Å². The van der Waals surface area contributed by atoms with Crippen LogP contribution in [0.3, 0.4) is 0 Å². The first-order valence-electron chi connectivity index (χ1n) is 4.82. The molecule has 1 heterocycles. The second kappa shape index (κ2) is 5.37. The number of hydrogen-bond acceptors (Lipinski definition) is 4. The molecule has 1 saturated heterocycles. The summed E-state index contributed by atoms with van der Waals surface area (Å²) in [4.78, 5) is 23.6. The molecule has 1 amide bonds. The van der Waals surface area contributed by atoms with Gasteiger partial charge >= 0.3 is 5.97 Å². The minimum absolute atomic E-state index is 0.124. The number of carbonyl (C=O) groups excluding carboxylic acids is 1. The average Bonchev–Trinajstić information content (AvgIpc) is 2.10. The lowest BCUT2D eigenvalue weighted by atomic mass is 9.99. The maximum absolute atomic E-state index is 11.6. The molecule has 1 fully saturated rings. The quantitative estimate of drug-likeness (QED) is 0.674. The van der Waals surface area contributed by atoms with Gasteiger partial charge in [0.2, 0.25) is 5.91 Å². The molecule has 1 aliphatic heterocycles. The number of carbonyl (C=O) groups is 2. The van der Waals surface area contributed by atoms with Crippen LogP contribution in [-0.2, 0) is 9.59 Å². The zero-order valence-corrected chi connectivity index (χ0v) is 9.50. The van der Waals surface area contributed by atoms with Crippen LogP contribution in [0.2, 0.25) is 0 Å². The van der Waals surface area contributed by atoms with Crippen LogP contribution in [0.5, 0.6) is 0 Å². The summed E-state index contributed by atoms with van der Waals surface area (Å²) < 4.78 is 0. The Hall–Kier alpha value is -0.750. The van der Waals surface area contributed by atoms with Crippen molar-refractivity contribution in [2.24, 2.45) is 11.7 Å². The van der Waals surface area contributed by atoms with E-state index in [1.54, 1.807) is 11.8 Å². The summed E-state index contributed by atoms with van der Waals surface area (Å²) >= 11 is 1.65. The maximum atomic E-state index is 11.6. The monoisotopic (exact) mass is 232 g/mol. The molecular weight excluding hydrogens is 216 g/mol. The molecule has 1 aliphatic rings.